The van der Waals surface area contributed by atoms with E-state index in [0.29, 0.717) is 12.0 Å². The zero-order valence-electron chi connectivity index (χ0n) is 6.63. The Balaban J connectivity index is 2.27. The first-order valence-electron chi connectivity index (χ1n) is 3.62. The van der Waals surface area contributed by atoms with Crippen LogP contribution in [-0.2, 0) is 16.0 Å². The van der Waals surface area contributed by atoms with Crippen LogP contribution in [0.25, 0.3) is 6.08 Å². The second kappa shape index (κ2) is 2.48. The Bertz CT molecular complexity index is 352. The Morgan fingerprint density at radius 3 is 3.25 bits per heavy atom. The van der Waals surface area contributed by atoms with Gasteiger partial charge in [0, 0.05) is 12.0 Å². The quantitative estimate of drug-likeness (QED) is 0.616. The van der Waals surface area contributed by atoms with E-state index in [4.69, 9.17) is 0 Å². The van der Waals surface area contributed by atoms with Gasteiger partial charge in [-0.1, -0.05) is 0 Å². The summed E-state index contributed by atoms with van der Waals surface area (Å²) in [5.74, 6) is -0.276. The van der Waals surface area contributed by atoms with Crippen LogP contribution in [0.15, 0.2) is 11.9 Å². The first-order valence-corrected chi connectivity index (χ1v) is 3.62. The van der Waals surface area contributed by atoms with Crippen LogP contribution in [0.1, 0.15) is 11.4 Å². The highest BCUT2D eigenvalue weighted by Gasteiger charge is 2.20. The van der Waals surface area contributed by atoms with E-state index in [0.717, 1.165) is 11.4 Å². The molecule has 2 rings (SSSR count). The van der Waals surface area contributed by atoms with Crippen molar-refractivity contribution in [3.63, 3.8) is 0 Å². The van der Waals surface area contributed by atoms with Gasteiger partial charge in [0.15, 0.2) is 0 Å². The zero-order chi connectivity index (χ0) is 8.55. The number of hydrogen-bond acceptors (Lipinski definition) is 3. The first-order chi connectivity index (χ1) is 5.81. The molecule has 1 aromatic heterocycles. The van der Waals surface area contributed by atoms with Gasteiger partial charge in [-0.15, -0.1) is 0 Å². The van der Waals surface area contributed by atoms with Crippen LogP contribution in [0.4, 0.5) is 0 Å². The number of aromatic amines is 1. The lowest BCUT2D eigenvalue weighted by Crippen LogP contribution is -2.04. The lowest BCUT2D eigenvalue weighted by atomic mass is 10.2. The number of rotatable bonds is 1. The highest BCUT2D eigenvalue weighted by Crippen LogP contribution is 2.21. The minimum absolute atomic E-state index is 0.276. The van der Waals surface area contributed by atoms with Crippen LogP contribution in [0, 0.1) is 0 Å². The molecule has 1 aromatic rings. The minimum Gasteiger partial charge on any atom is -0.466 e. The summed E-state index contributed by atoms with van der Waals surface area (Å²) in [6.45, 7) is 0. The van der Waals surface area contributed by atoms with Crippen molar-refractivity contribution in [2.75, 3.05) is 7.11 Å². The Labute approximate surface area is 69.3 Å². The van der Waals surface area contributed by atoms with E-state index in [-0.39, 0.29) is 5.97 Å². The van der Waals surface area contributed by atoms with Crippen LogP contribution in [0.5, 0.6) is 0 Å². The molecular formula is C8H8N2O2. The highest BCUT2D eigenvalue weighted by atomic mass is 16.5. The molecule has 0 fully saturated rings. The monoisotopic (exact) mass is 164 g/mol. The molecular weight excluding hydrogens is 156 g/mol. The molecule has 0 aliphatic heterocycles. The third-order valence-corrected chi connectivity index (χ3v) is 1.88. The Kier molecular flexibility index (Phi) is 1.46. The maximum Gasteiger partial charge on any atom is 0.334 e. The van der Waals surface area contributed by atoms with Gasteiger partial charge in [0.2, 0.25) is 0 Å². The van der Waals surface area contributed by atoms with Crippen molar-refractivity contribution < 1.29 is 9.53 Å². The fourth-order valence-electron chi connectivity index (χ4n) is 1.27. The van der Waals surface area contributed by atoms with Crippen molar-refractivity contribution in [1.82, 2.24) is 9.97 Å². The predicted molar refractivity (Wildman–Crippen MR) is 42.3 cm³/mol. The molecule has 0 atom stereocenters. The summed E-state index contributed by atoms with van der Waals surface area (Å²) < 4.78 is 4.59. The summed E-state index contributed by atoms with van der Waals surface area (Å²) >= 11 is 0. The van der Waals surface area contributed by atoms with Gasteiger partial charge in [0.05, 0.1) is 24.8 Å². The van der Waals surface area contributed by atoms with Gasteiger partial charge in [-0.3, -0.25) is 0 Å². The molecule has 0 radical (unpaired) electrons. The minimum atomic E-state index is -0.276. The predicted octanol–water partition coefficient (Wildman–Crippen LogP) is 0.522. The largest absolute Gasteiger partial charge is 0.466 e. The summed E-state index contributed by atoms with van der Waals surface area (Å²) in [6.07, 6.45) is 3.97. The van der Waals surface area contributed by atoms with E-state index >= 15 is 0 Å². The normalized spacial score (nSPS) is 13.9. The molecule has 4 nitrogen and oxygen atoms in total. The van der Waals surface area contributed by atoms with Gasteiger partial charge in [-0.05, 0) is 6.08 Å². The standard InChI is InChI=1S/C8H8N2O2/c1-12-8(11)5-2-6-7(3-5)10-4-9-6/h2,4H,3H2,1H3,(H,9,10). The number of methoxy groups -OCH3 is 1. The fourth-order valence-corrected chi connectivity index (χ4v) is 1.27. The Morgan fingerprint density at radius 1 is 1.75 bits per heavy atom. The molecule has 0 bridgehead atoms. The van der Waals surface area contributed by atoms with Gasteiger partial charge in [0.25, 0.3) is 0 Å². The van der Waals surface area contributed by atoms with Crippen molar-refractivity contribution in [2.24, 2.45) is 0 Å². The number of aromatic nitrogens is 2. The third-order valence-electron chi connectivity index (χ3n) is 1.88. The van der Waals surface area contributed by atoms with Gasteiger partial charge >= 0.3 is 5.97 Å². The van der Waals surface area contributed by atoms with Gasteiger partial charge in [-0.2, -0.15) is 0 Å². The molecule has 0 saturated carbocycles. The molecule has 62 valence electrons. The van der Waals surface area contributed by atoms with E-state index in [9.17, 15) is 4.79 Å². The maximum atomic E-state index is 11.0. The highest BCUT2D eigenvalue weighted by molar-refractivity contribution is 5.95. The van der Waals surface area contributed by atoms with Crippen LogP contribution >= 0.6 is 0 Å². The molecule has 12 heavy (non-hydrogen) atoms. The van der Waals surface area contributed by atoms with Crippen molar-refractivity contribution in [1.29, 1.82) is 0 Å². The van der Waals surface area contributed by atoms with Crippen LogP contribution < -0.4 is 0 Å². The summed E-state index contributed by atoms with van der Waals surface area (Å²) in [7, 11) is 1.38. The lowest BCUT2D eigenvalue weighted by molar-refractivity contribution is -0.136. The van der Waals surface area contributed by atoms with E-state index < -0.39 is 0 Å². The number of carbonyl (C=O) groups excluding carboxylic acids is 1. The number of carbonyl (C=O) groups is 1. The van der Waals surface area contributed by atoms with Crippen molar-refractivity contribution in [3.8, 4) is 0 Å². The number of nitrogens with zero attached hydrogens (tertiary/aromatic N) is 1. The molecule has 4 heteroatoms. The average Bonchev–Trinajstić information content (AvgIpc) is 2.60. The number of H-pyrrole nitrogens is 1. The molecule has 0 saturated heterocycles. The second-order valence-corrected chi connectivity index (χ2v) is 2.60. The molecule has 1 aliphatic carbocycles. The summed E-state index contributed by atoms with van der Waals surface area (Å²) in [4.78, 5) is 18.0. The van der Waals surface area contributed by atoms with E-state index in [1.807, 2.05) is 0 Å². The van der Waals surface area contributed by atoms with Gasteiger partial charge in [-0.25, -0.2) is 9.78 Å². The average molecular weight is 164 g/mol. The fraction of sp³-hybridized carbons (Fsp3) is 0.250. The zero-order valence-corrected chi connectivity index (χ0v) is 6.63. The molecule has 0 spiro atoms. The number of hydrogen-bond donors (Lipinski definition) is 1. The Morgan fingerprint density at radius 2 is 2.58 bits per heavy atom. The molecule has 0 unspecified atom stereocenters. The first kappa shape index (κ1) is 7.09. The molecule has 0 aromatic carbocycles. The summed E-state index contributed by atoms with van der Waals surface area (Å²) in [5.41, 5.74) is 2.48. The molecule has 1 aliphatic rings. The lowest BCUT2D eigenvalue weighted by Gasteiger charge is -1.96. The van der Waals surface area contributed by atoms with Crippen molar-refractivity contribution in [3.05, 3.63) is 23.3 Å². The molecule has 1 heterocycles. The molecule has 1 N–H and O–H groups in total. The van der Waals surface area contributed by atoms with E-state index in [1.54, 1.807) is 12.4 Å². The Hall–Kier alpha value is -1.58. The van der Waals surface area contributed by atoms with Crippen molar-refractivity contribution >= 4 is 12.0 Å². The van der Waals surface area contributed by atoms with E-state index in [1.165, 1.54) is 7.11 Å². The topological polar surface area (TPSA) is 55.0 Å². The smallest absolute Gasteiger partial charge is 0.334 e. The van der Waals surface area contributed by atoms with E-state index in [2.05, 4.69) is 14.7 Å². The van der Waals surface area contributed by atoms with Crippen LogP contribution in [0.3, 0.4) is 0 Å². The number of nitrogens with one attached hydrogen (secondary N) is 1. The maximum absolute atomic E-state index is 11.0. The summed E-state index contributed by atoms with van der Waals surface area (Å²) in [6, 6.07) is 0. The van der Waals surface area contributed by atoms with Gasteiger partial charge in [0.1, 0.15) is 0 Å². The number of esters is 1. The number of fused-ring (bicyclic) bond motifs is 1. The third kappa shape index (κ3) is 0.922. The second-order valence-electron chi connectivity index (χ2n) is 2.60. The van der Waals surface area contributed by atoms with Crippen LogP contribution in [-0.4, -0.2) is 23.0 Å². The van der Waals surface area contributed by atoms with Crippen molar-refractivity contribution in [2.45, 2.75) is 6.42 Å². The van der Waals surface area contributed by atoms with Crippen LogP contribution in [0.2, 0.25) is 0 Å². The number of imidazole rings is 1. The summed E-state index contributed by atoms with van der Waals surface area (Å²) in [5, 5.41) is 0. The van der Waals surface area contributed by atoms with Gasteiger partial charge < -0.3 is 9.72 Å². The number of ether oxygens (including phenoxy) is 1. The molecule has 0 amide bonds. The SMILES string of the molecule is COC(=O)C1=Cc2[nH]cnc2C1.